The molecule has 1 N–H and O–H groups in total. The van der Waals surface area contributed by atoms with Crippen LogP contribution in [0.15, 0.2) is 57.8 Å². The van der Waals surface area contributed by atoms with Crippen molar-refractivity contribution < 1.29 is 22.7 Å². The van der Waals surface area contributed by atoms with Crippen molar-refractivity contribution >= 4 is 12.2 Å². The molecule has 2 heterocycles. The first kappa shape index (κ1) is 22.1. The molecule has 2 aromatic carbocycles. The number of nitrogens with one attached hydrogen (secondary N) is 1. The zero-order valence-corrected chi connectivity index (χ0v) is 17.4. The monoisotopic (exact) mass is 457 g/mol. The van der Waals surface area contributed by atoms with Crippen LogP contribution in [-0.2, 0) is 29.2 Å². The Hall–Kier alpha value is -4.08. The molecule has 4 rings (SSSR count). The predicted octanol–water partition coefficient (Wildman–Crippen LogP) is 2.43. The van der Waals surface area contributed by atoms with E-state index in [2.05, 4.69) is 5.32 Å². The van der Waals surface area contributed by atoms with Gasteiger partial charge in [-0.15, -0.1) is 0 Å². The largest absolute Gasteiger partial charge is 0.456 e. The van der Waals surface area contributed by atoms with Crippen molar-refractivity contribution in [2.45, 2.75) is 26.6 Å². The molecule has 0 aliphatic carbocycles. The van der Waals surface area contributed by atoms with Crippen molar-refractivity contribution in [1.29, 1.82) is 0 Å². The highest BCUT2D eigenvalue weighted by Crippen LogP contribution is 2.13. The lowest BCUT2D eigenvalue weighted by atomic mass is 10.2. The molecule has 0 saturated heterocycles. The maximum absolute atomic E-state index is 13.6. The lowest BCUT2D eigenvalue weighted by molar-refractivity contribution is -0.140. The molecular formula is C23H18F3N3O4. The summed E-state index contributed by atoms with van der Waals surface area (Å²) < 4.78 is 47.0. The summed E-state index contributed by atoms with van der Waals surface area (Å²) >= 11 is 0. The Morgan fingerprint density at radius 1 is 1.03 bits per heavy atom. The fraction of sp³-hybridized carbons (Fsp3) is 0.174. The van der Waals surface area contributed by atoms with E-state index in [0.29, 0.717) is 11.3 Å². The van der Waals surface area contributed by atoms with Crippen molar-refractivity contribution in [1.82, 2.24) is 14.5 Å². The molecule has 0 fully saturated rings. The van der Waals surface area contributed by atoms with E-state index in [1.165, 1.54) is 43.5 Å². The molecule has 0 spiro atoms. The molecule has 1 aromatic heterocycles. The van der Waals surface area contributed by atoms with Crippen molar-refractivity contribution in [3.63, 3.8) is 0 Å². The number of nitrogens with zero attached hydrogens (tertiary/aromatic N) is 2. The van der Waals surface area contributed by atoms with Crippen LogP contribution < -0.4 is 16.6 Å². The average molecular weight is 457 g/mol. The first-order valence-corrected chi connectivity index (χ1v) is 9.90. The van der Waals surface area contributed by atoms with E-state index < -0.39 is 34.7 Å². The summed E-state index contributed by atoms with van der Waals surface area (Å²) in [6.45, 7) is 1.18. The summed E-state index contributed by atoms with van der Waals surface area (Å²) in [6.07, 6.45) is 1.22. The van der Waals surface area contributed by atoms with E-state index in [-0.39, 0.29) is 36.5 Å². The summed E-state index contributed by atoms with van der Waals surface area (Å²) in [5, 5.41) is 2.83. The van der Waals surface area contributed by atoms with Crippen LogP contribution >= 0.6 is 0 Å². The van der Waals surface area contributed by atoms with Crippen molar-refractivity contribution in [2.75, 3.05) is 0 Å². The molecule has 1 aliphatic rings. The molecule has 0 bridgehead atoms. The lowest BCUT2D eigenvalue weighted by Crippen LogP contribution is -2.45. The van der Waals surface area contributed by atoms with Gasteiger partial charge in [0.1, 0.15) is 18.1 Å². The molecule has 0 unspecified atom stereocenters. The number of hydrogen-bond acceptors (Lipinski definition) is 5. The number of hydrogen-bond donors (Lipinski definition) is 1. The number of benzene rings is 2. The Bertz CT molecular complexity index is 1390. The minimum absolute atomic E-state index is 0.0101. The molecule has 1 aliphatic heterocycles. The first-order valence-electron chi connectivity index (χ1n) is 9.90. The number of rotatable bonds is 5. The quantitative estimate of drug-likeness (QED) is 0.596. The summed E-state index contributed by atoms with van der Waals surface area (Å²) in [4.78, 5) is 38.2. The van der Waals surface area contributed by atoms with Crippen molar-refractivity contribution in [3.05, 3.63) is 109 Å². The minimum Gasteiger partial charge on any atom is -0.456 e. The Labute approximate surface area is 185 Å². The molecule has 10 heteroatoms. The Kier molecular flexibility index (Phi) is 5.91. The van der Waals surface area contributed by atoms with Crippen LogP contribution in [0.4, 0.5) is 13.2 Å². The van der Waals surface area contributed by atoms with Gasteiger partial charge in [-0.2, -0.15) is 0 Å². The van der Waals surface area contributed by atoms with Gasteiger partial charge < -0.3 is 10.1 Å². The summed E-state index contributed by atoms with van der Waals surface area (Å²) in [6, 6.07) is 8.54. The summed E-state index contributed by atoms with van der Waals surface area (Å²) in [5.41, 5.74) is 0.106. The highest BCUT2D eigenvalue weighted by Gasteiger charge is 2.23. The molecule has 0 atom stereocenters. The molecular weight excluding hydrogens is 439 g/mol. The number of halogens is 3. The molecule has 3 aromatic rings. The van der Waals surface area contributed by atoms with Gasteiger partial charge in [-0.3, -0.25) is 13.9 Å². The van der Waals surface area contributed by atoms with Gasteiger partial charge in [0.25, 0.3) is 5.56 Å². The van der Waals surface area contributed by atoms with Crippen molar-refractivity contribution in [3.8, 4) is 0 Å². The Morgan fingerprint density at radius 3 is 2.42 bits per heavy atom. The normalized spacial score (nSPS) is 12.5. The van der Waals surface area contributed by atoms with Crippen LogP contribution in [-0.4, -0.2) is 15.1 Å². The van der Waals surface area contributed by atoms with E-state index in [4.69, 9.17) is 4.74 Å². The average Bonchev–Trinajstić information content (AvgIpc) is 2.81. The molecule has 0 amide bonds. The number of carbonyl (C=O) groups excluding carboxylic acids is 1. The van der Waals surface area contributed by atoms with Gasteiger partial charge in [0.2, 0.25) is 0 Å². The zero-order chi connectivity index (χ0) is 23.7. The maximum atomic E-state index is 13.6. The van der Waals surface area contributed by atoms with E-state index in [9.17, 15) is 27.6 Å². The summed E-state index contributed by atoms with van der Waals surface area (Å²) in [5.74, 6) is -3.29. The highest BCUT2D eigenvalue weighted by atomic mass is 19.2. The van der Waals surface area contributed by atoms with Gasteiger partial charge in [0.05, 0.1) is 18.8 Å². The SMILES string of the molecule is Cc1c2n(c(=O)n(Cc3ccc(F)c(F)c3)c1=O)C=C(C(=O)OCc1ccc(F)cc1)NC2. The molecule has 170 valence electrons. The van der Waals surface area contributed by atoms with Crippen LogP contribution in [0.2, 0.25) is 0 Å². The topological polar surface area (TPSA) is 82.3 Å². The second kappa shape index (κ2) is 8.81. The lowest BCUT2D eigenvalue weighted by Gasteiger charge is -2.22. The fourth-order valence-electron chi connectivity index (χ4n) is 3.44. The first-order chi connectivity index (χ1) is 15.7. The third kappa shape index (κ3) is 4.45. The molecule has 33 heavy (non-hydrogen) atoms. The van der Waals surface area contributed by atoms with E-state index in [1.54, 1.807) is 0 Å². The van der Waals surface area contributed by atoms with Gasteiger partial charge >= 0.3 is 11.7 Å². The number of ether oxygens (including phenoxy) is 1. The highest BCUT2D eigenvalue weighted by molar-refractivity contribution is 5.91. The maximum Gasteiger partial charge on any atom is 0.356 e. The van der Waals surface area contributed by atoms with E-state index in [0.717, 1.165) is 21.3 Å². The van der Waals surface area contributed by atoms with Crippen LogP contribution in [0.1, 0.15) is 22.4 Å². The third-order valence-corrected chi connectivity index (χ3v) is 5.26. The zero-order valence-electron chi connectivity index (χ0n) is 17.4. The van der Waals surface area contributed by atoms with Crippen LogP contribution in [0.3, 0.4) is 0 Å². The molecule has 0 radical (unpaired) electrons. The van der Waals surface area contributed by atoms with Crippen LogP contribution in [0, 0.1) is 24.4 Å². The van der Waals surface area contributed by atoms with Gasteiger partial charge in [-0.1, -0.05) is 18.2 Å². The minimum atomic E-state index is -1.09. The number of carbonyl (C=O) groups is 1. The van der Waals surface area contributed by atoms with Gasteiger partial charge in [0, 0.05) is 11.8 Å². The van der Waals surface area contributed by atoms with Crippen LogP contribution in [0.5, 0.6) is 0 Å². The van der Waals surface area contributed by atoms with Gasteiger partial charge in [0.15, 0.2) is 11.6 Å². The van der Waals surface area contributed by atoms with E-state index >= 15 is 0 Å². The fourth-order valence-corrected chi connectivity index (χ4v) is 3.44. The van der Waals surface area contributed by atoms with Gasteiger partial charge in [-0.05, 0) is 42.3 Å². The van der Waals surface area contributed by atoms with Gasteiger partial charge in [-0.25, -0.2) is 22.8 Å². The number of fused-ring (bicyclic) bond motifs is 1. The summed E-state index contributed by atoms with van der Waals surface area (Å²) in [7, 11) is 0. The Balaban J connectivity index is 1.63. The number of aromatic nitrogens is 2. The molecule has 7 nitrogen and oxygen atoms in total. The number of esters is 1. The second-order valence-corrected chi connectivity index (χ2v) is 7.46. The second-order valence-electron chi connectivity index (χ2n) is 7.46. The van der Waals surface area contributed by atoms with E-state index in [1.807, 2.05) is 0 Å². The molecule has 0 saturated carbocycles. The van der Waals surface area contributed by atoms with Crippen LogP contribution in [0.25, 0.3) is 6.20 Å². The third-order valence-electron chi connectivity index (χ3n) is 5.26. The predicted molar refractivity (Wildman–Crippen MR) is 112 cm³/mol. The smallest absolute Gasteiger partial charge is 0.356 e. The standard InChI is InChI=1S/C23H18F3N3O4/c1-13-20-9-27-19(22(31)33-12-14-2-5-16(24)6-3-14)11-28(20)23(32)29(21(13)30)10-15-4-7-17(25)18(26)8-15/h2-8,11,27H,9-10,12H2,1H3. The van der Waals surface area contributed by atoms with Crippen molar-refractivity contribution in [2.24, 2.45) is 0 Å². The Morgan fingerprint density at radius 2 is 1.73 bits per heavy atom.